The second-order valence-corrected chi connectivity index (χ2v) is 4.09. The van der Waals surface area contributed by atoms with Crippen molar-refractivity contribution >= 4 is 22.7 Å². The molecule has 5 N–H and O–H groups in total. The number of nitrogen functional groups attached to an aromatic ring is 1. The third-order valence-corrected chi connectivity index (χ3v) is 2.69. The zero-order valence-corrected chi connectivity index (χ0v) is 9.88. The van der Waals surface area contributed by atoms with Crippen molar-refractivity contribution in [3.63, 3.8) is 0 Å². The van der Waals surface area contributed by atoms with E-state index in [9.17, 15) is 0 Å². The Morgan fingerprint density at radius 2 is 1.89 bits per heavy atom. The van der Waals surface area contributed by atoms with Crippen molar-refractivity contribution in [2.24, 2.45) is 5.73 Å². The van der Waals surface area contributed by atoms with Crippen LogP contribution in [0.4, 0.5) is 5.82 Å². The maximum Gasteiger partial charge on any atom is 0.157 e. The van der Waals surface area contributed by atoms with Crippen LogP contribution in [0.5, 0.6) is 0 Å². The molecule has 88 valence electrons. The molecule has 0 saturated carbocycles. The largest absolute Gasteiger partial charge is 0.383 e. The number of thioether (sulfide) groups is 1. The van der Waals surface area contributed by atoms with Crippen LogP contribution in [0.2, 0.25) is 0 Å². The Labute approximate surface area is 107 Å². The highest BCUT2D eigenvalue weighted by molar-refractivity contribution is 8.13. The van der Waals surface area contributed by atoms with Crippen LogP contribution < -0.4 is 11.5 Å². The molecule has 0 amide bonds. The fourth-order valence-electron chi connectivity index (χ4n) is 1.30. The average Bonchev–Trinajstić information content (AvgIpc) is 2.29. The van der Waals surface area contributed by atoms with E-state index in [0.29, 0.717) is 0 Å². The number of nitrogens with one attached hydrogen (secondary N) is 1. The van der Waals surface area contributed by atoms with Crippen LogP contribution >= 0.6 is 11.8 Å². The number of hydrogen-bond acceptors (Lipinski definition) is 7. The molecule has 0 atom stereocenters. The van der Waals surface area contributed by atoms with Crippen molar-refractivity contribution in [1.29, 1.82) is 21.2 Å². The molecule has 1 rings (SSSR count). The first-order valence-corrected chi connectivity index (χ1v) is 5.38. The van der Waals surface area contributed by atoms with Crippen LogP contribution in [-0.4, -0.2) is 10.2 Å². The lowest BCUT2D eigenvalue weighted by atomic mass is 10.0. The van der Waals surface area contributed by atoms with Crippen LogP contribution in [0.1, 0.15) is 16.7 Å². The van der Waals surface area contributed by atoms with Gasteiger partial charge in [-0.2, -0.15) is 15.8 Å². The van der Waals surface area contributed by atoms with E-state index in [2.05, 4.69) is 4.98 Å². The first kappa shape index (κ1) is 13.3. The molecule has 18 heavy (non-hydrogen) atoms. The quantitative estimate of drug-likeness (QED) is 0.394. The molecule has 1 aromatic rings. The van der Waals surface area contributed by atoms with Crippen LogP contribution in [0, 0.1) is 39.4 Å². The normalized spacial score (nSPS) is 8.94. The summed E-state index contributed by atoms with van der Waals surface area (Å²) in [6.45, 7) is 0. The molecule has 0 radical (unpaired) electrons. The van der Waals surface area contributed by atoms with Gasteiger partial charge in [-0.3, -0.25) is 5.41 Å². The fourth-order valence-corrected chi connectivity index (χ4v) is 1.93. The van der Waals surface area contributed by atoms with Gasteiger partial charge in [0.05, 0.1) is 23.6 Å². The van der Waals surface area contributed by atoms with Crippen LogP contribution in [0.15, 0.2) is 5.03 Å². The number of hydrogen-bond donors (Lipinski definition) is 3. The standard InChI is InChI=1S/C10H7N7S/c11-2-1-5-6(3-12)8(14)17-9(7(5)4-13)18-10(15)16/h1H2,(H2,14,17)(H3,15,16). The number of pyridine rings is 1. The van der Waals surface area contributed by atoms with Gasteiger partial charge in [-0.1, -0.05) is 0 Å². The van der Waals surface area contributed by atoms with E-state index in [1.54, 1.807) is 0 Å². The molecule has 0 aliphatic heterocycles. The van der Waals surface area contributed by atoms with Gasteiger partial charge in [-0.25, -0.2) is 4.98 Å². The van der Waals surface area contributed by atoms with Gasteiger partial charge in [0.15, 0.2) is 5.17 Å². The van der Waals surface area contributed by atoms with Gasteiger partial charge in [0.1, 0.15) is 23.0 Å². The average molecular weight is 257 g/mol. The number of nitriles is 3. The molecule has 0 aliphatic rings. The van der Waals surface area contributed by atoms with Crippen LogP contribution in [0.3, 0.4) is 0 Å². The lowest BCUT2D eigenvalue weighted by molar-refractivity contribution is 1.07. The zero-order chi connectivity index (χ0) is 13.7. The molecule has 0 aromatic carbocycles. The van der Waals surface area contributed by atoms with Crippen molar-refractivity contribution in [1.82, 2.24) is 4.98 Å². The minimum absolute atomic E-state index is 0.0148. The molecule has 1 aromatic heterocycles. The van der Waals surface area contributed by atoms with E-state index in [1.807, 2.05) is 18.2 Å². The zero-order valence-electron chi connectivity index (χ0n) is 9.06. The second kappa shape index (κ2) is 5.53. The smallest absolute Gasteiger partial charge is 0.157 e. The Balaban J connectivity index is 3.60. The first-order valence-electron chi connectivity index (χ1n) is 4.56. The molecule has 7 nitrogen and oxygen atoms in total. The molecule has 0 spiro atoms. The second-order valence-electron chi connectivity index (χ2n) is 3.06. The van der Waals surface area contributed by atoms with E-state index < -0.39 is 0 Å². The predicted octanol–water partition coefficient (Wildman–Crippen LogP) is 0.459. The summed E-state index contributed by atoms with van der Waals surface area (Å²) in [6.07, 6.45) is -0.135. The lowest BCUT2D eigenvalue weighted by Gasteiger charge is -2.09. The molecule has 0 saturated heterocycles. The molecule has 8 heteroatoms. The molecule has 0 fully saturated rings. The molecule has 0 bridgehead atoms. The highest BCUT2D eigenvalue weighted by Gasteiger charge is 2.19. The number of nitrogens with two attached hydrogens (primary N) is 2. The Morgan fingerprint density at radius 3 is 2.33 bits per heavy atom. The highest BCUT2D eigenvalue weighted by atomic mass is 32.2. The van der Waals surface area contributed by atoms with Crippen LogP contribution in [0.25, 0.3) is 0 Å². The fraction of sp³-hybridized carbons (Fsp3) is 0.100. The minimum Gasteiger partial charge on any atom is -0.383 e. The van der Waals surface area contributed by atoms with Crippen molar-refractivity contribution in [3.8, 4) is 18.2 Å². The maximum absolute atomic E-state index is 9.08. The van der Waals surface area contributed by atoms with E-state index >= 15 is 0 Å². The summed E-state index contributed by atoms with van der Waals surface area (Å²) < 4.78 is 0. The Hall–Kier alpha value is -2.76. The monoisotopic (exact) mass is 257 g/mol. The highest BCUT2D eigenvalue weighted by Crippen LogP contribution is 2.28. The van der Waals surface area contributed by atoms with Gasteiger partial charge in [0.2, 0.25) is 0 Å². The lowest BCUT2D eigenvalue weighted by Crippen LogP contribution is -2.09. The van der Waals surface area contributed by atoms with Gasteiger partial charge in [-0.05, 0) is 11.8 Å². The van der Waals surface area contributed by atoms with Crippen molar-refractivity contribution in [2.45, 2.75) is 11.4 Å². The van der Waals surface area contributed by atoms with E-state index in [1.165, 1.54) is 0 Å². The van der Waals surface area contributed by atoms with Gasteiger partial charge < -0.3 is 11.5 Å². The predicted molar refractivity (Wildman–Crippen MR) is 65.2 cm³/mol. The number of nitrogens with zero attached hydrogens (tertiary/aromatic N) is 4. The van der Waals surface area contributed by atoms with Gasteiger partial charge in [-0.15, -0.1) is 0 Å². The number of aromatic nitrogens is 1. The molecule has 0 unspecified atom stereocenters. The summed E-state index contributed by atoms with van der Waals surface area (Å²) in [5.74, 6) is -0.0782. The molecule has 0 aliphatic carbocycles. The van der Waals surface area contributed by atoms with Crippen molar-refractivity contribution < 1.29 is 0 Å². The SMILES string of the molecule is N#CCc1c(C#N)c(N)nc(SC(=N)N)c1C#N. The van der Waals surface area contributed by atoms with E-state index in [4.69, 9.17) is 32.7 Å². The van der Waals surface area contributed by atoms with Gasteiger partial charge in [0, 0.05) is 5.56 Å². The molecular formula is C10H7N7S. The Bertz CT molecular complexity index is 630. The van der Waals surface area contributed by atoms with Crippen LogP contribution in [-0.2, 0) is 6.42 Å². The molecular weight excluding hydrogens is 250 g/mol. The number of anilines is 1. The van der Waals surface area contributed by atoms with E-state index in [-0.39, 0.29) is 39.1 Å². The summed E-state index contributed by atoms with van der Waals surface area (Å²) >= 11 is 0.752. The Kier molecular flexibility index (Phi) is 4.09. The number of amidine groups is 1. The topological polar surface area (TPSA) is 160 Å². The summed E-state index contributed by atoms with van der Waals surface area (Å²) in [5.41, 5.74) is 11.1. The van der Waals surface area contributed by atoms with Crippen molar-refractivity contribution in [2.75, 3.05) is 5.73 Å². The maximum atomic E-state index is 9.08. The Morgan fingerprint density at radius 1 is 1.28 bits per heavy atom. The van der Waals surface area contributed by atoms with Crippen molar-refractivity contribution in [3.05, 3.63) is 16.7 Å². The molecule has 1 heterocycles. The third kappa shape index (κ3) is 2.49. The summed E-state index contributed by atoms with van der Waals surface area (Å²) in [4.78, 5) is 3.86. The van der Waals surface area contributed by atoms with Gasteiger partial charge in [0.25, 0.3) is 0 Å². The third-order valence-electron chi connectivity index (χ3n) is 1.98. The first-order chi connectivity index (χ1) is 8.54. The number of rotatable bonds is 2. The summed E-state index contributed by atoms with van der Waals surface area (Å²) in [7, 11) is 0. The van der Waals surface area contributed by atoms with E-state index in [0.717, 1.165) is 11.8 Å². The summed E-state index contributed by atoms with van der Waals surface area (Å²) in [6, 6.07) is 5.54. The minimum atomic E-state index is -0.258. The van der Waals surface area contributed by atoms with Gasteiger partial charge >= 0.3 is 0 Å². The summed E-state index contributed by atoms with van der Waals surface area (Å²) in [5, 5.41) is 33.8.